The minimum Gasteiger partial charge on any atom is -0.478 e. The van der Waals surface area contributed by atoms with E-state index in [1.807, 2.05) is 6.58 Å². The first-order valence-electron chi connectivity index (χ1n) is 9.21. The second-order valence-electron chi connectivity index (χ2n) is 8.03. The quantitative estimate of drug-likeness (QED) is 0.154. The van der Waals surface area contributed by atoms with Gasteiger partial charge in [0.25, 0.3) is 0 Å². The molecule has 0 fully saturated rings. The summed E-state index contributed by atoms with van der Waals surface area (Å²) in [5.41, 5.74) is -2.37. The van der Waals surface area contributed by atoms with Crippen LogP contribution in [0.15, 0.2) is 12.2 Å². The van der Waals surface area contributed by atoms with Gasteiger partial charge in [-0.2, -0.15) is 110 Å². The van der Waals surface area contributed by atoms with Crippen molar-refractivity contribution in [1.82, 2.24) is 0 Å². The van der Waals surface area contributed by atoms with Gasteiger partial charge in [-0.1, -0.05) is 6.58 Å². The summed E-state index contributed by atoms with van der Waals surface area (Å²) in [7, 11) is 0. The van der Waals surface area contributed by atoms with E-state index in [9.17, 15) is 115 Å². The molecule has 0 unspecified atom stereocenters. The van der Waals surface area contributed by atoms with Gasteiger partial charge < -0.3 is 5.11 Å². The highest BCUT2D eigenvalue weighted by Gasteiger charge is 2.99. The van der Waals surface area contributed by atoms with Crippen molar-refractivity contribution in [3.05, 3.63) is 12.2 Å². The van der Waals surface area contributed by atoms with Crippen molar-refractivity contribution in [3.63, 3.8) is 0 Å². The molecule has 0 aliphatic heterocycles. The zero-order valence-corrected chi connectivity index (χ0v) is 18.7. The lowest BCUT2D eigenvalue weighted by Gasteiger charge is -2.45. The Labute approximate surface area is 217 Å². The third-order valence-electron chi connectivity index (χ3n) is 5.10. The maximum absolute atomic E-state index is 13.7. The van der Waals surface area contributed by atoms with Crippen LogP contribution in [0.3, 0.4) is 0 Å². The van der Waals surface area contributed by atoms with Crippen LogP contribution in [0.5, 0.6) is 0 Å². The van der Waals surface area contributed by atoms with E-state index in [1.165, 1.54) is 0 Å². The molecule has 0 heterocycles. The fourth-order valence-electron chi connectivity index (χ4n) is 2.44. The van der Waals surface area contributed by atoms with Gasteiger partial charge in [-0.05, 0) is 0 Å². The van der Waals surface area contributed by atoms with Gasteiger partial charge in [-0.25, -0.2) is 4.79 Å². The summed E-state index contributed by atoms with van der Waals surface area (Å²) in [5.74, 6) is -102. The Kier molecular flexibility index (Phi) is 9.39. The first kappa shape index (κ1) is 40.5. The van der Waals surface area contributed by atoms with E-state index < -0.39 is 89.3 Å². The molecule has 0 rings (SSSR count). The van der Waals surface area contributed by atoms with Gasteiger partial charge in [-0.3, -0.25) is 0 Å². The number of rotatable bonds is 13. The Hall–Kier alpha value is -2.54. The average Bonchev–Trinajstić information content (AvgIpc) is 2.76. The fourth-order valence-corrected chi connectivity index (χ4v) is 2.44. The monoisotopic (exact) mass is 704 g/mol. The molecule has 0 bridgehead atoms. The Morgan fingerprint density at radius 1 is 0.395 bits per heavy atom. The van der Waals surface area contributed by atoms with Crippen LogP contribution in [0.2, 0.25) is 0 Å². The molecule has 0 aromatic heterocycles. The molecule has 0 saturated heterocycles. The largest absolute Gasteiger partial charge is 0.478 e. The van der Waals surface area contributed by atoms with Gasteiger partial charge in [0.05, 0.1) is 0 Å². The van der Waals surface area contributed by atoms with E-state index in [0.29, 0.717) is 0 Å². The highest BCUT2D eigenvalue weighted by molar-refractivity contribution is 5.85. The Morgan fingerprint density at radius 2 is 0.581 bits per heavy atom. The molecular formula is C16H5F25O2. The van der Waals surface area contributed by atoms with Gasteiger partial charge in [0.2, 0.25) is 0 Å². The number of aliphatic carboxylic acids is 1. The molecule has 2 nitrogen and oxygen atoms in total. The predicted molar refractivity (Wildman–Crippen MR) is 81.9 cm³/mol. The Balaban J connectivity index is 7.33. The number of alkyl halides is 25. The molecule has 0 aromatic carbocycles. The second kappa shape index (κ2) is 9.98. The van der Waals surface area contributed by atoms with Gasteiger partial charge in [0.15, 0.2) is 0 Å². The standard InChI is InChI=1S/C16H5F25O2/c1-3(4(42)43)2-5(17,18)6(19,20)7(21,22)8(23,24)9(25,26)10(27,28)11(29,30)12(31,32)13(33,34)14(35,36)15(37,38)16(39,40)41/h1-2H2,(H,42,43). The van der Waals surface area contributed by atoms with E-state index in [0.717, 1.165) is 0 Å². The van der Waals surface area contributed by atoms with E-state index in [-0.39, 0.29) is 0 Å². The van der Waals surface area contributed by atoms with Crippen molar-refractivity contribution in [3.8, 4) is 0 Å². The Bertz CT molecular complexity index is 1080. The first-order chi connectivity index (χ1) is 18.1. The fraction of sp³-hybridized carbons (Fsp3) is 0.812. The molecule has 0 saturated carbocycles. The van der Waals surface area contributed by atoms with Gasteiger partial charge in [0, 0.05) is 12.0 Å². The average molecular weight is 704 g/mol. The molecule has 256 valence electrons. The summed E-state index contributed by atoms with van der Waals surface area (Å²) >= 11 is 0. The highest BCUT2D eigenvalue weighted by Crippen LogP contribution is 2.67. The number of carboxylic acids is 1. The minimum atomic E-state index is -9.66. The molecule has 27 heteroatoms. The lowest BCUT2D eigenvalue weighted by atomic mass is 9.84. The summed E-state index contributed by atoms with van der Waals surface area (Å²) in [4.78, 5) is 10.3. The maximum Gasteiger partial charge on any atom is 0.460 e. The lowest BCUT2D eigenvalue weighted by Crippen LogP contribution is -2.78. The lowest BCUT2D eigenvalue weighted by molar-refractivity contribution is -0.482. The maximum atomic E-state index is 13.7. The van der Waals surface area contributed by atoms with Crippen LogP contribution >= 0.6 is 0 Å². The van der Waals surface area contributed by atoms with E-state index in [2.05, 4.69) is 0 Å². The molecule has 1 N–H and O–H groups in total. The minimum absolute atomic E-state index is 1.97. The third-order valence-corrected chi connectivity index (χ3v) is 5.10. The van der Waals surface area contributed by atoms with Gasteiger partial charge in [0.1, 0.15) is 0 Å². The predicted octanol–water partition coefficient (Wildman–Crippen LogP) is 8.57. The molecule has 0 spiro atoms. The van der Waals surface area contributed by atoms with E-state index in [4.69, 9.17) is 5.11 Å². The highest BCUT2D eigenvalue weighted by atomic mass is 19.4. The Morgan fingerprint density at radius 3 is 0.767 bits per heavy atom. The van der Waals surface area contributed by atoms with Crippen LogP contribution in [0.4, 0.5) is 110 Å². The molecule has 0 atom stereocenters. The molecule has 0 radical (unpaired) electrons. The molecule has 0 aromatic rings. The normalized spacial score (nSPS) is 16.4. The van der Waals surface area contributed by atoms with Crippen LogP contribution in [0, 0.1) is 0 Å². The number of carboxylic acid groups (broad SMARTS) is 1. The first-order valence-corrected chi connectivity index (χ1v) is 9.21. The van der Waals surface area contributed by atoms with Crippen molar-refractivity contribution in [2.75, 3.05) is 0 Å². The second-order valence-corrected chi connectivity index (χ2v) is 8.03. The van der Waals surface area contributed by atoms with Crippen molar-refractivity contribution in [2.45, 2.75) is 77.7 Å². The van der Waals surface area contributed by atoms with Crippen LogP contribution in [0.1, 0.15) is 6.42 Å². The molecule has 43 heavy (non-hydrogen) atoms. The topological polar surface area (TPSA) is 37.3 Å². The van der Waals surface area contributed by atoms with Crippen molar-refractivity contribution >= 4 is 5.97 Å². The number of halogens is 25. The third kappa shape index (κ3) is 4.98. The van der Waals surface area contributed by atoms with Crippen LogP contribution in [0.25, 0.3) is 0 Å². The summed E-state index contributed by atoms with van der Waals surface area (Å²) < 4.78 is 332. The zero-order valence-electron chi connectivity index (χ0n) is 18.7. The molecule has 0 aliphatic rings. The summed E-state index contributed by atoms with van der Waals surface area (Å²) in [6.45, 7) is 1.97. The summed E-state index contributed by atoms with van der Waals surface area (Å²) in [5, 5.41) is 8.18. The molecule has 0 amide bonds. The van der Waals surface area contributed by atoms with Crippen molar-refractivity contribution < 1.29 is 120 Å². The summed E-state index contributed by atoms with van der Waals surface area (Å²) in [6.07, 6.45) is -11.7. The molecule has 0 aliphatic carbocycles. The van der Waals surface area contributed by atoms with Crippen molar-refractivity contribution in [1.29, 1.82) is 0 Å². The van der Waals surface area contributed by atoms with E-state index in [1.54, 1.807) is 0 Å². The summed E-state index contributed by atoms with van der Waals surface area (Å²) in [6, 6.07) is 0. The zero-order chi connectivity index (χ0) is 35.9. The molecular weight excluding hydrogens is 699 g/mol. The van der Waals surface area contributed by atoms with Gasteiger partial charge in [-0.15, -0.1) is 0 Å². The van der Waals surface area contributed by atoms with Crippen LogP contribution < -0.4 is 0 Å². The van der Waals surface area contributed by atoms with Crippen molar-refractivity contribution in [2.24, 2.45) is 0 Å². The van der Waals surface area contributed by atoms with E-state index >= 15 is 0 Å². The number of hydrogen-bond donors (Lipinski definition) is 1. The smallest absolute Gasteiger partial charge is 0.460 e. The number of hydrogen-bond acceptors (Lipinski definition) is 1. The van der Waals surface area contributed by atoms with Crippen LogP contribution in [-0.2, 0) is 4.79 Å². The van der Waals surface area contributed by atoms with Gasteiger partial charge >= 0.3 is 77.3 Å². The number of carbonyl (C=O) groups is 1. The van der Waals surface area contributed by atoms with Crippen LogP contribution in [-0.4, -0.2) is 82.4 Å². The SMILES string of the molecule is C=C(CC(F)(F)C(F)(F)C(F)(F)C(F)(F)C(F)(F)C(F)(F)C(F)(F)C(F)(F)C(F)(F)C(F)(F)C(F)(F)C(F)(F)F)C(=O)O.